The van der Waals surface area contributed by atoms with Crippen molar-refractivity contribution in [3.8, 4) is 0 Å². The van der Waals surface area contributed by atoms with Gasteiger partial charge in [-0.3, -0.25) is 4.98 Å². The number of nitrogens with two attached hydrogens (primary N) is 1. The Kier molecular flexibility index (Phi) is 3.64. The van der Waals surface area contributed by atoms with E-state index in [1.54, 1.807) is 36.5 Å². The van der Waals surface area contributed by atoms with Crippen molar-refractivity contribution in [2.24, 2.45) is 0 Å². The third kappa shape index (κ3) is 3.11. The summed E-state index contributed by atoms with van der Waals surface area (Å²) in [6.45, 7) is 0. The number of carbonyl (C=O) groups excluding carboxylic acids is 1. The van der Waals surface area contributed by atoms with Gasteiger partial charge in [0.2, 0.25) is 0 Å². The van der Waals surface area contributed by atoms with Crippen LogP contribution in [0.15, 0.2) is 42.7 Å². The van der Waals surface area contributed by atoms with Gasteiger partial charge in [-0.15, -0.1) is 0 Å². The lowest BCUT2D eigenvalue weighted by molar-refractivity contribution is 0.262. The fraction of sp³-hybridized carbons (Fsp3) is 0. The Morgan fingerprint density at radius 1 is 1.28 bits per heavy atom. The monoisotopic (exact) mass is 262 g/mol. The van der Waals surface area contributed by atoms with E-state index in [1.807, 2.05) is 0 Å². The molecule has 0 aliphatic carbocycles. The second-order valence-corrected chi connectivity index (χ2v) is 3.99. The zero-order valence-electron chi connectivity index (χ0n) is 9.35. The summed E-state index contributed by atoms with van der Waals surface area (Å²) in [6, 6.07) is 8.09. The fourth-order valence-corrected chi connectivity index (χ4v) is 1.56. The molecule has 4 N–H and O–H groups in total. The SMILES string of the molecule is Nc1cnccc1NC(=O)Nc1cccc(Cl)c1. The molecule has 0 aliphatic heterocycles. The molecule has 2 rings (SSSR count). The molecule has 18 heavy (non-hydrogen) atoms. The number of anilines is 3. The Labute approximate surface area is 109 Å². The maximum absolute atomic E-state index is 11.7. The van der Waals surface area contributed by atoms with Crippen LogP contribution in [0.5, 0.6) is 0 Å². The molecule has 1 heterocycles. The van der Waals surface area contributed by atoms with Gasteiger partial charge in [0, 0.05) is 16.9 Å². The van der Waals surface area contributed by atoms with Crippen molar-refractivity contribution in [3.05, 3.63) is 47.7 Å². The zero-order chi connectivity index (χ0) is 13.0. The number of halogens is 1. The summed E-state index contributed by atoms with van der Waals surface area (Å²) < 4.78 is 0. The maximum atomic E-state index is 11.7. The summed E-state index contributed by atoms with van der Waals surface area (Å²) in [6.07, 6.45) is 3.01. The average Bonchev–Trinajstić information content (AvgIpc) is 2.32. The van der Waals surface area contributed by atoms with Crippen LogP contribution < -0.4 is 16.4 Å². The van der Waals surface area contributed by atoms with Gasteiger partial charge < -0.3 is 16.4 Å². The second-order valence-electron chi connectivity index (χ2n) is 3.55. The Hall–Kier alpha value is -2.27. The van der Waals surface area contributed by atoms with Gasteiger partial charge >= 0.3 is 6.03 Å². The Bertz CT molecular complexity index is 574. The Morgan fingerprint density at radius 2 is 2.11 bits per heavy atom. The smallest absolute Gasteiger partial charge is 0.323 e. The minimum Gasteiger partial charge on any atom is -0.396 e. The first-order valence-corrected chi connectivity index (χ1v) is 5.56. The molecular formula is C12H11ClN4O. The number of pyridine rings is 1. The molecule has 0 saturated carbocycles. The molecule has 0 saturated heterocycles. The number of urea groups is 1. The van der Waals surface area contributed by atoms with E-state index in [0.717, 1.165) is 0 Å². The van der Waals surface area contributed by atoms with E-state index in [0.29, 0.717) is 22.1 Å². The van der Waals surface area contributed by atoms with E-state index in [4.69, 9.17) is 17.3 Å². The van der Waals surface area contributed by atoms with Crippen LogP contribution in [0.1, 0.15) is 0 Å². The van der Waals surface area contributed by atoms with Gasteiger partial charge in [0.15, 0.2) is 0 Å². The van der Waals surface area contributed by atoms with Crippen molar-refractivity contribution >= 4 is 34.7 Å². The number of amides is 2. The van der Waals surface area contributed by atoms with Crippen LogP contribution in [-0.2, 0) is 0 Å². The molecule has 0 unspecified atom stereocenters. The predicted octanol–water partition coefficient (Wildman–Crippen LogP) is 2.96. The molecule has 6 heteroatoms. The van der Waals surface area contributed by atoms with E-state index in [2.05, 4.69) is 15.6 Å². The number of nitrogens with zero attached hydrogens (tertiary/aromatic N) is 1. The highest BCUT2D eigenvalue weighted by atomic mass is 35.5. The third-order valence-electron chi connectivity index (χ3n) is 2.18. The molecule has 0 bridgehead atoms. The van der Waals surface area contributed by atoms with Crippen LogP contribution in [0.25, 0.3) is 0 Å². The summed E-state index contributed by atoms with van der Waals surface area (Å²) in [4.78, 5) is 15.5. The molecule has 5 nitrogen and oxygen atoms in total. The van der Waals surface area contributed by atoms with Gasteiger partial charge in [-0.25, -0.2) is 4.79 Å². The number of rotatable bonds is 2. The highest BCUT2D eigenvalue weighted by Gasteiger charge is 2.05. The standard InChI is InChI=1S/C12H11ClN4O/c13-8-2-1-3-9(6-8)16-12(18)17-11-4-5-15-7-10(11)14/h1-7H,14H2,(H2,15,16,17,18). The van der Waals surface area contributed by atoms with E-state index >= 15 is 0 Å². The third-order valence-corrected chi connectivity index (χ3v) is 2.42. The number of nitrogens with one attached hydrogen (secondary N) is 2. The van der Waals surface area contributed by atoms with Gasteiger partial charge in [-0.1, -0.05) is 17.7 Å². The number of hydrogen-bond donors (Lipinski definition) is 3. The second kappa shape index (κ2) is 5.37. The van der Waals surface area contributed by atoms with Crippen LogP contribution in [0, 0.1) is 0 Å². The van der Waals surface area contributed by atoms with Gasteiger partial charge in [0.25, 0.3) is 0 Å². The van der Waals surface area contributed by atoms with Crippen molar-refractivity contribution < 1.29 is 4.79 Å². The Morgan fingerprint density at radius 3 is 2.83 bits per heavy atom. The average molecular weight is 263 g/mol. The normalized spacial score (nSPS) is 9.83. The maximum Gasteiger partial charge on any atom is 0.323 e. The number of aromatic nitrogens is 1. The Balaban J connectivity index is 2.03. The minimum atomic E-state index is -0.393. The van der Waals surface area contributed by atoms with Crippen LogP contribution in [0.4, 0.5) is 21.9 Å². The van der Waals surface area contributed by atoms with Crippen LogP contribution >= 0.6 is 11.6 Å². The molecule has 2 amide bonds. The first-order chi connectivity index (χ1) is 8.65. The molecule has 1 aromatic carbocycles. The molecule has 0 spiro atoms. The van der Waals surface area contributed by atoms with E-state index < -0.39 is 6.03 Å². The summed E-state index contributed by atoms with van der Waals surface area (Å²) in [5.41, 5.74) is 7.17. The van der Waals surface area contributed by atoms with Gasteiger partial charge in [-0.2, -0.15) is 0 Å². The van der Waals surface area contributed by atoms with Crippen molar-refractivity contribution in [1.82, 2.24) is 4.98 Å². The summed E-state index contributed by atoms with van der Waals surface area (Å²) in [5, 5.41) is 5.82. The fourth-order valence-electron chi connectivity index (χ4n) is 1.37. The van der Waals surface area contributed by atoms with Gasteiger partial charge in [0.1, 0.15) is 0 Å². The number of hydrogen-bond acceptors (Lipinski definition) is 3. The predicted molar refractivity (Wildman–Crippen MR) is 72.7 cm³/mol. The van der Waals surface area contributed by atoms with Crippen molar-refractivity contribution in [2.45, 2.75) is 0 Å². The summed E-state index contributed by atoms with van der Waals surface area (Å²) >= 11 is 5.81. The van der Waals surface area contributed by atoms with Crippen LogP contribution in [0.2, 0.25) is 5.02 Å². The van der Waals surface area contributed by atoms with Crippen LogP contribution in [-0.4, -0.2) is 11.0 Å². The van der Waals surface area contributed by atoms with E-state index in [1.165, 1.54) is 6.20 Å². The molecule has 1 aromatic heterocycles. The number of nitrogen functional groups attached to an aromatic ring is 1. The minimum absolute atomic E-state index is 0.393. The summed E-state index contributed by atoms with van der Waals surface area (Å²) in [5.74, 6) is 0. The summed E-state index contributed by atoms with van der Waals surface area (Å²) in [7, 11) is 0. The quantitative estimate of drug-likeness (QED) is 0.778. The lowest BCUT2D eigenvalue weighted by atomic mass is 10.3. The molecule has 0 fully saturated rings. The lowest BCUT2D eigenvalue weighted by Crippen LogP contribution is -2.20. The van der Waals surface area contributed by atoms with E-state index in [9.17, 15) is 4.79 Å². The lowest BCUT2D eigenvalue weighted by Gasteiger charge is -2.09. The number of carbonyl (C=O) groups is 1. The van der Waals surface area contributed by atoms with Crippen molar-refractivity contribution in [1.29, 1.82) is 0 Å². The highest BCUT2D eigenvalue weighted by Crippen LogP contribution is 2.17. The van der Waals surface area contributed by atoms with E-state index in [-0.39, 0.29) is 0 Å². The molecule has 0 atom stereocenters. The first kappa shape index (κ1) is 12.2. The largest absolute Gasteiger partial charge is 0.396 e. The zero-order valence-corrected chi connectivity index (χ0v) is 10.1. The highest BCUT2D eigenvalue weighted by molar-refractivity contribution is 6.30. The molecule has 2 aromatic rings. The van der Waals surface area contributed by atoms with Crippen molar-refractivity contribution in [2.75, 3.05) is 16.4 Å². The van der Waals surface area contributed by atoms with Crippen molar-refractivity contribution in [3.63, 3.8) is 0 Å². The first-order valence-electron chi connectivity index (χ1n) is 5.18. The van der Waals surface area contributed by atoms with Gasteiger partial charge in [-0.05, 0) is 24.3 Å². The molecule has 0 aliphatic rings. The molecule has 92 valence electrons. The van der Waals surface area contributed by atoms with Crippen LogP contribution in [0.3, 0.4) is 0 Å². The topological polar surface area (TPSA) is 80.0 Å². The molecule has 0 radical (unpaired) electrons. The number of benzene rings is 1. The molecular weight excluding hydrogens is 252 g/mol. The van der Waals surface area contributed by atoms with Gasteiger partial charge in [0.05, 0.1) is 17.6 Å².